The van der Waals surface area contributed by atoms with Gasteiger partial charge in [0.1, 0.15) is 0 Å². The van der Waals surface area contributed by atoms with Crippen molar-refractivity contribution in [2.45, 2.75) is 18.3 Å². The fourth-order valence-electron chi connectivity index (χ4n) is 0. The molecular weight excluding hydrogens is 176 g/mol. The Bertz CT molecular complexity index is 17.6. The van der Waals surface area contributed by atoms with Gasteiger partial charge in [-0.15, -0.1) is 0 Å². The van der Waals surface area contributed by atoms with Gasteiger partial charge < -0.3 is 0 Å². The van der Waals surface area contributed by atoms with Crippen LogP contribution in [0.3, 0.4) is 0 Å². The van der Waals surface area contributed by atoms with Gasteiger partial charge in [-0.3, -0.25) is 0 Å². The van der Waals surface area contributed by atoms with Crippen LogP contribution in [0, 0.1) is 5.92 Å². The monoisotopic (exact) mass is 187 g/mol. The van der Waals surface area contributed by atoms with Gasteiger partial charge in [0.25, 0.3) is 0 Å². The first-order valence-corrected chi connectivity index (χ1v) is 3.50. The van der Waals surface area contributed by atoms with Gasteiger partial charge in [-0.05, 0) is 0 Å². The first-order chi connectivity index (χ1) is 2.27. The second-order valence-corrected chi connectivity index (χ2v) is 2.51. The molecule has 31 valence electrons. The van der Waals surface area contributed by atoms with Crippen molar-refractivity contribution in [2.75, 3.05) is 0 Å². The topological polar surface area (TPSA) is 0 Å². The number of hydrogen-bond acceptors (Lipinski definition) is 0. The first kappa shape index (κ1) is 5.79. The van der Waals surface area contributed by atoms with E-state index in [4.69, 9.17) is 0 Å². The zero-order valence-electron chi connectivity index (χ0n) is 3.69. The average molecular weight is 185 g/mol. The van der Waals surface area contributed by atoms with E-state index in [1.54, 1.807) is 0 Å². The molecule has 0 aromatic carbocycles. The van der Waals surface area contributed by atoms with Crippen LogP contribution < -0.4 is 0 Å². The van der Waals surface area contributed by atoms with Crippen LogP contribution in [0.5, 0.6) is 0 Å². The second-order valence-electron chi connectivity index (χ2n) is 1.56. The van der Waals surface area contributed by atoms with Crippen molar-refractivity contribution >= 4 is 22.3 Å². The molecular formula is C4H9Te. The summed E-state index contributed by atoms with van der Waals surface area (Å²) in [6, 6.07) is 0. The van der Waals surface area contributed by atoms with Crippen molar-refractivity contribution < 1.29 is 0 Å². The van der Waals surface area contributed by atoms with Crippen LogP contribution in [0.15, 0.2) is 0 Å². The zero-order valence-corrected chi connectivity index (χ0v) is 6.02. The molecule has 0 aliphatic heterocycles. The summed E-state index contributed by atoms with van der Waals surface area (Å²) >= 11 is 2.14. The quantitative estimate of drug-likeness (QED) is 0.538. The molecule has 0 N–H and O–H groups in total. The molecule has 5 heavy (non-hydrogen) atoms. The molecule has 1 heteroatoms. The van der Waals surface area contributed by atoms with Gasteiger partial charge in [-0.25, -0.2) is 0 Å². The minimum absolute atomic E-state index is 0.889. The molecule has 0 aliphatic carbocycles. The third-order valence-corrected chi connectivity index (χ3v) is 2.24. The van der Waals surface area contributed by atoms with E-state index < -0.39 is 0 Å². The van der Waals surface area contributed by atoms with Crippen molar-refractivity contribution in [3.8, 4) is 0 Å². The molecule has 0 aromatic heterocycles. The summed E-state index contributed by atoms with van der Waals surface area (Å²) in [5.41, 5.74) is 0. The predicted octanol–water partition coefficient (Wildman–Crippen LogP) is 1.23. The molecule has 0 saturated heterocycles. The summed E-state index contributed by atoms with van der Waals surface area (Å²) in [5, 5.41) is 0. The SMILES string of the molecule is CC(C)C[Te]. The molecule has 0 amide bonds. The minimum atomic E-state index is 0.889. The number of hydrogen-bond donors (Lipinski definition) is 0. The van der Waals surface area contributed by atoms with Gasteiger partial charge in [0.2, 0.25) is 0 Å². The van der Waals surface area contributed by atoms with Gasteiger partial charge in [-0.1, -0.05) is 0 Å². The van der Waals surface area contributed by atoms with Gasteiger partial charge in [0.05, 0.1) is 0 Å². The fourth-order valence-corrected chi connectivity index (χ4v) is 0. The average Bonchev–Trinajstić information content (AvgIpc) is 1.38. The van der Waals surface area contributed by atoms with E-state index in [0.29, 0.717) is 0 Å². The molecule has 0 heterocycles. The molecule has 1 radical (unpaired) electrons. The van der Waals surface area contributed by atoms with E-state index in [1.807, 2.05) is 0 Å². The Labute approximate surface area is 46.9 Å². The van der Waals surface area contributed by atoms with E-state index in [0.717, 1.165) is 5.92 Å². The molecule has 0 atom stereocenters. The molecule has 0 unspecified atom stereocenters. The van der Waals surface area contributed by atoms with Crippen molar-refractivity contribution in [3.63, 3.8) is 0 Å². The van der Waals surface area contributed by atoms with E-state index >= 15 is 0 Å². The van der Waals surface area contributed by atoms with Crippen molar-refractivity contribution in [1.29, 1.82) is 0 Å². The van der Waals surface area contributed by atoms with Crippen LogP contribution in [0.1, 0.15) is 13.8 Å². The molecule has 0 nitrogen and oxygen atoms in total. The van der Waals surface area contributed by atoms with Crippen LogP contribution in [0.25, 0.3) is 0 Å². The summed E-state index contributed by atoms with van der Waals surface area (Å²) in [4.78, 5) is 0. The summed E-state index contributed by atoms with van der Waals surface area (Å²) in [6.07, 6.45) is 0. The van der Waals surface area contributed by atoms with Gasteiger partial charge in [-0.2, -0.15) is 0 Å². The Morgan fingerprint density at radius 1 is 1.60 bits per heavy atom. The van der Waals surface area contributed by atoms with E-state index in [-0.39, 0.29) is 0 Å². The van der Waals surface area contributed by atoms with Crippen molar-refractivity contribution in [2.24, 2.45) is 5.92 Å². The zero-order chi connectivity index (χ0) is 4.28. The summed E-state index contributed by atoms with van der Waals surface area (Å²) in [6.45, 7) is 4.45. The van der Waals surface area contributed by atoms with Crippen LogP contribution in [-0.2, 0) is 0 Å². The molecule has 0 rings (SSSR count). The molecule has 0 bridgehead atoms. The summed E-state index contributed by atoms with van der Waals surface area (Å²) in [5.74, 6) is 0.889. The molecule has 0 saturated carbocycles. The molecule has 0 aromatic rings. The first-order valence-electron chi connectivity index (χ1n) is 1.85. The predicted molar refractivity (Wildman–Crippen MR) is 25.4 cm³/mol. The Morgan fingerprint density at radius 3 is 1.80 bits per heavy atom. The Balaban J connectivity index is 2.54. The third kappa shape index (κ3) is 4.79. The summed E-state index contributed by atoms with van der Waals surface area (Å²) in [7, 11) is 0. The fraction of sp³-hybridized carbons (Fsp3) is 1.00. The van der Waals surface area contributed by atoms with Gasteiger partial charge >= 0.3 is 46.5 Å². The Hall–Kier alpha value is 0.790. The Kier molecular flexibility index (Phi) is 3.47. The molecule has 0 spiro atoms. The second kappa shape index (κ2) is 3.00. The number of rotatable bonds is 1. The van der Waals surface area contributed by atoms with E-state index in [2.05, 4.69) is 36.1 Å². The van der Waals surface area contributed by atoms with E-state index in [1.165, 1.54) is 4.47 Å². The van der Waals surface area contributed by atoms with Crippen LogP contribution in [0.4, 0.5) is 0 Å². The van der Waals surface area contributed by atoms with Gasteiger partial charge in [0, 0.05) is 0 Å². The standard InChI is InChI=1S/C4H9Te/c1-4(2)3-5/h4H,3H2,1-2H3. The molecule has 0 aliphatic rings. The van der Waals surface area contributed by atoms with Crippen LogP contribution >= 0.6 is 0 Å². The van der Waals surface area contributed by atoms with Crippen LogP contribution in [-0.4, -0.2) is 22.3 Å². The maximum absolute atomic E-state index is 2.22. The Morgan fingerprint density at radius 2 is 1.80 bits per heavy atom. The van der Waals surface area contributed by atoms with Gasteiger partial charge in [0.15, 0.2) is 0 Å². The van der Waals surface area contributed by atoms with E-state index in [9.17, 15) is 0 Å². The van der Waals surface area contributed by atoms with Crippen LogP contribution in [0.2, 0.25) is 4.47 Å². The third-order valence-electron chi connectivity index (χ3n) is 0.333. The normalized spacial score (nSPS) is 9.60. The maximum atomic E-state index is 2.22. The molecule has 0 fully saturated rings. The summed E-state index contributed by atoms with van der Waals surface area (Å²) < 4.78 is 1.32. The van der Waals surface area contributed by atoms with Crippen molar-refractivity contribution in [3.05, 3.63) is 0 Å². The van der Waals surface area contributed by atoms with Crippen molar-refractivity contribution in [1.82, 2.24) is 0 Å².